The molecule has 0 saturated heterocycles. The van der Waals surface area contributed by atoms with E-state index < -0.39 is 5.97 Å². The van der Waals surface area contributed by atoms with Crippen LogP contribution >= 0.6 is 11.3 Å². The van der Waals surface area contributed by atoms with E-state index in [2.05, 4.69) is 15.3 Å². The van der Waals surface area contributed by atoms with Gasteiger partial charge in [-0.25, -0.2) is 14.5 Å². The summed E-state index contributed by atoms with van der Waals surface area (Å²) in [4.78, 5) is 16.2. The number of nitrogens with zero attached hydrogens (tertiary/aromatic N) is 4. The van der Waals surface area contributed by atoms with Crippen LogP contribution in [0.15, 0.2) is 5.38 Å². The van der Waals surface area contributed by atoms with Gasteiger partial charge in [0, 0.05) is 12.5 Å². The lowest BCUT2D eigenvalue weighted by atomic mass is 10.3. The summed E-state index contributed by atoms with van der Waals surface area (Å²) < 4.78 is 11.5. The van der Waals surface area contributed by atoms with Gasteiger partial charge in [-0.3, -0.25) is 0 Å². The van der Waals surface area contributed by atoms with Gasteiger partial charge in [0.1, 0.15) is 6.61 Å². The number of aromatic nitrogens is 4. The third kappa shape index (κ3) is 3.40. The normalized spacial score (nSPS) is 10.8. The van der Waals surface area contributed by atoms with Crippen LogP contribution in [-0.4, -0.2) is 46.3 Å². The van der Waals surface area contributed by atoms with Crippen LogP contribution < -0.4 is 0 Å². The number of aryl methyl sites for hydroxylation is 1. The van der Waals surface area contributed by atoms with E-state index in [1.807, 2.05) is 12.3 Å². The molecule has 0 fully saturated rings. The summed E-state index contributed by atoms with van der Waals surface area (Å²) in [6, 6.07) is 0. The van der Waals surface area contributed by atoms with Gasteiger partial charge in [0.2, 0.25) is 0 Å². The molecule has 0 bridgehead atoms. The van der Waals surface area contributed by atoms with Gasteiger partial charge in [0.15, 0.2) is 5.69 Å². The molecule has 0 aliphatic heterocycles. The summed E-state index contributed by atoms with van der Waals surface area (Å²) in [7, 11) is 1.55. The largest absolute Gasteiger partial charge is 0.458 e. The highest BCUT2D eigenvalue weighted by molar-refractivity contribution is 7.09. The predicted molar refractivity (Wildman–Crippen MR) is 72.9 cm³/mol. The standard InChI is InChI=1S/C12H16N4O3S/c1-8-11(12(17)19-5-4-18-3)14-15-16(8)6-10-7-20-9(2)13-10/h7H,4-6H2,1-3H3. The molecule has 20 heavy (non-hydrogen) atoms. The van der Waals surface area contributed by atoms with Crippen LogP contribution in [0.1, 0.15) is 26.9 Å². The third-order valence-corrected chi connectivity index (χ3v) is 3.50. The molecule has 0 radical (unpaired) electrons. The van der Waals surface area contributed by atoms with Crippen molar-refractivity contribution < 1.29 is 14.3 Å². The van der Waals surface area contributed by atoms with Crippen molar-refractivity contribution in [2.45, 2.75) is 20.4 Å². The van der Waals surface area contributed by atoms with E-state index in [-0.39, 0.29) is 12.3 Å². The first-order chi connectivity index (χ1) is 9.61. The first kappa shape index (κ1) is 14.6. The number of ether oxygens (including phenoxy) is 2. The third-order valence-electron chi connectivity index (χ3n) is 2.67. The summed E-state index contributed by atoms with van der Waals surface area (Å²) in [6.07, 6.45) is 0. The van der Waals surface area contributed by atoms with Gasteiger partial charge in [-0.2, -0.15) is 0 Å². The molecule has 0 aromatic carbocycles. The van der Waals surface area contributed by atoms with Crippen molar-refractivity contribution in [2.75, 3.05) is 20.3 Å². The maximum absolute atomic E-state index is 11.8. The summed E-state index contributed by atoms with van der Waals surface area (Å²) in [5.74, 6) is -0.486. The Bertz CT molecular complexity index is 593. The molecule has 2 aromatic heterocycles. The average Bonchev–Trinajstić information content (AvgIpc) is 2.98. The van der Waals surface area contributed by atoms with Crippen LogP contribution in [0.4, 0.5) is 0 Å². The number of thiazole rings is 1. The second kappa shape index (κ2) is 6.58. The Balaban J connectivity index is 2.04. The summed E-state index contributed by atoms with van der Waals surface area (Å²) in [5, 5.41) is 10.8. The number of carbonyl (C=O) groups is 1. The molecule has 2 rings (SSSR count). The zero-order valence-electron chi connectivity index (χ0n) is 11.6. The molecule has 0 atom stereocenters. The topological polar surface area (TPSA) is 79.1 Å². The van der Waals surface area contributed by atoms with Gasteiger partial charge in [-0.15, -0.1) is 16.4 Å². The van der Waals surface area contributed by atoms with Crippen LogP contribution in [0, 0.1) is 13.8 Å². The molecule has 0 spiro atoms. The fraction of sp³-hybridized carbons (Fsp3) is 0.500. The quantitative estimate of drug-likeness (QED) is 0.589. The SMILES string of the molecule is COCCOC(=O)c1nnn(Cc2csc(C)n2)c1C. The van der Waals surface area contributed by atoms with Crippen LogP contribution in [0.5, 0.6) is 0 Å². The Kier molecular flexibility index (Phi) is 4.80. The number of carbonyl (C=O) groups excluding carboxylic acids is 1. The number of esters is 1. The highest BCUT2D eigenvalue weighted by Gasteiger charge is 2.18. The monoisotopic (exact) mass is 296 g/mol. The van der Waals surface area contributed by atoms with Gasteiger partial charge in [0.05, 0.1) is 29.5 Å². The van der Waals surface area contributed by atoms with Gasteiger partial charge in [-0.05, 0) is 13.8 Å². The fourth-order valence-corrected chi connectivity index (χ4v) is 2.22. The first-order valence-electron chi connectivity index (χ1n) is 6.09. The Morgan fingerprint density at radius 2 is 2.20 bits per heavy atom. The summed E-state index contributed by atoms with van der Waals surface area (Å²) in [6.45, 7) is 4.78. The van der Waals surface area contributed by atoms with E-state index >= 15 is 0 Å². The lowest BCUT2D eigenvalue weighted by Gasteiger charge is -2.03. The summed E-state index contributed by atoms with van der Waals surface area (Å²) >= 11 is 1.58. The number of hydrogen-bond donors (Lipinski definition) is 0. The van der Waals surface area contributed by atoms with Crippen molar-refractivity contribution in [3.63, 3.8) is 0 Å². The van der Waals surface area contributed by atoms with Gasteiger partial charge in [0.25, 0.3) is 0 Å². The smallest absolute Gasteiger partial charge is 0.360 e. The molecule has 0 unspecified atom stereocenters. The summed E-state index contributed by atoms with van der Waals surface area (Å²) in [5.41, 5.74) is 1.80. The number of hydrogen-bond acceptors (Lipinski definition) is 7. The molecule has 0 aliphatic carbocycles. The molecular weight excluding hydrogens is 280 g/mol. The van der Waals surface area contributed by atoms with Crippen LogP contribution in [0.2, 0.25) is 0 Å². The molecule has 0 amide bonds. The van der Waals surface area contributed by atoms with E-state index in [9.17, 15) is 4.79 Å². The lowest BCUT2D eigenvalue weighted by Crippen LogP contribution is -2.12. The number of rotatable bonds is 6. The molecule has 2 heterocycles. The van der Waals surface area contributed by atoms with E-state index in [4.69, 9.17) is 9.47 Å². The maximum Gasteiger partial charge on any atom is 0.360 e. The van der Waals surface area contributed by atoms with Crippen molar-refractivity contribution in [3.05, 3.63) is 27.5 Å². The van der Waals surface area contributed by atoms with Crippen LogP contribution in [0.25, 0.3) is 0 Å². The Morgan fingerprint density at radius 1 is 1.40 bits per heavy atom. The molecular formula is C12H16N4O3S. The molecule has 0 aliphatic rings. The van der Waals surface area contributed by atoms with Crippen molar-refractivity contribution in [2.24, 2.45) is 0 Å². The molecule has 2 aromatic rings. The Hall–Kier alpha value is -1.80. The van der Waals surface area contributed by atoms with Gasteiger partial charge >= 0.3 is 5.97 Å². The highest BCUT2D eigenvalue weighted by atomic mass is 32.1. The molecule has 7 nitrogen and oxygen atoms in total. The van der Waals surface area contributed by atoms with Crippen LogP contribution in [-0.2, 0) is 16.0 Å². The number of methoxy groups -OCH3 is 1. The van der Waals surface area contributed by atoms with Crippen LogP contribution in [0.3, 0.4) is 0 Å². The Morgan fingerprint density at radius 3 is 2.85 bits per heavy atom. The zero-order valence-corrected chi connectivity index (χ0v) is 12.4. The lowest BCUT2D eigenvalue weighted by molar-refractivity contribution is 0.0380. The van der Waals surface area contributed by atoms with Crippen molar-refractivity contribution in [1.29, 1.82) is 0 Å². The molecule has 8 heteroatoms. The minimum atomic E-state index is -0.486. The minimum absolute atomic E-state index is 0.201. The Labute approximate surface area is 120 Å². The predicted octanol–water partition coefficient (Wildman–Crippen LogP) is 1.20. The fourth-order valence-electron chi connectivity index (χ4n) is 1.62. The second-order valence-electron chi connectivity index (χ2n) is 4.17. The van der Waals surface area contributed by atoms with E-state index in [1.165, 1.54) is 0 Å². The molecule has 0 saturated carbocycles. The van der Waals surface area contributed by atoms with Crippen molar-refractivity contribution in [3.8, 4) is 0 Å². The molecule has 108 valence electrons. The van der Waals surface area contributed by atoms with Crippen molar-refractivity contribution >= 4 is 17.3 Å². The zero-order chi connectivity index (χ0) is 14.5. The highest BCUT2D eigenvalue weighted by Crippen LogP contribution is 2.12. The van der Waals surface area contributed by atoms with E-state index in [0.29, 0.717) is 18.8 Å². The van der Waals surface area contributed by atoms with Gasteiger partial charge in [-0.1, -0.05) is 5.21 Å². The average molecular weight is 296 g/mol. The first-order valence-corrected chi connectivity index (χ1v) is 6.97. The maximum atomic E-state index is 11.8. The second-order valence-corrected chi connectivity index (χ2v) is 5.23. The van der Waals surface area contributed by atoms with E-state index in [0.717, 1.165) is 10.7 Å². The van der Waals surface area contributed by atoms with E-state index in [1.54, 1.807) is 30.1 Å². The van der Waals surface area contributed by atoms with Gasteiger partial charge < -0.3 is 9.47 Å². The minimum Gasteiger partial charge on any atom is -0.458 e. The molecule has 0 N–H and O–H groups in total. The van der Waals surface area contributed by atoms with Crippen molar-refractivity contribution in [1.82, 2.24) is 20.0 Å².